The minimum atomic E-state index is -0.325. The van der Waals surface area contributed by atoms with Gasteiger partial charge in [-0.3, -0.25) is 0 Å². The van der Waals surface area contributed by atoms with E-state index in [4.69, 9.17) is 4.74 Å². The molecule has 1 unspecified atom stereocenters. The molecule has 1 aromatic heterocycles. The summed E-state index contributed by atoms with van der Waals surface area (Å²) in [5.41, 5.74) is 1.10. The number of aliphatic hydroxyl groups is 1. The number of rotatable bonds is 11. The maximum absolute atomic E-state index is 9.65. The highest BCUT2D eigenvalue weighted by molar-refractivity contribution is 5.23. The Bertz CT molecular complexity index is 661. The predicted octanol–water partition coefficient (Wildman–Crippen LogP) is 3.98. The third-order valence-electron chi connectivity index (χ3n) is 3.58. The van der Waals surface area contributed by atoms with E-state index in [0.29, 0.717) is 12.4 Å². The van der Waals surface area contributed by atoms with Crippen LogP contribution in [0, 0.1) is 5.92 Å². The van der Waals surface area contributed by atoms with E-state index in [9.17, 15) is 5.11 Å². The summed E-state index contributed by atoms with van der Waals surface area (Å²) in [5, 5.41) is 20.4. The van der Waals surface area contributed by atoms with Crippen LogP contribution < -0.4 is 10.1 Å². The van der Waals surface area contributed by atoms with Crippen molar-refractivity contribution < 1.29 is 9.84 Å². The van der Waals surface area contributed by atoms with Crippen LogP contribution in [-0.2, 0) is 0 Å². The topological polar surface area (TPSA) is 67.3 Å². The van der Waals surface area contributed by atoms with Crippen molar-refractivity contribution in [3.8, 4) is 5.88 Å². The van der Waals surface area contributed by atoms with Crippen molar-refractivity contribution >= 4 is 0 Å². The average molecular weight is 370 g/mol. The molecule has 2 atom stereocenters. The Hall–Kier alpha value is -2.66. The molecule has 0 aliphatic carbocycles. The van der Waals surface area contributed by atoms with Gasteiger partial charge in [0.25, 0.3) is 0 Å². The Labute approximate surface area is 162 Å². The SMILES string of the molecule is CC(/C=C\C=C\C=C/C=C/NCC(O)C(C)C)=C\[C@H](C)Oc1cccnn1. The molecule has 146 valence electrons. The molecule has 27 heavy (non-hydrogen) atoms. The molecular formula is C22H31N3O2. The van der Waals surface area contributed by atoms with Gasteiger partial charge >= 0.3 is 0 Å². The van der Waals surface area contributed by atoms with E-state index in [1.807, 2.05) is 82.5 Å². The molecule has 0 radical (unpaired) electrons. The van der Waals surface area contributed by atoms with Crippen LogP contribution in [0.15, 0.2) is 78.7 Å². The minimum Gasteiger partial charge on any atom is -0.469 e. The van der Waals surface area contributed by atoms with E-state index in [2.05, 4.69) is 15.5 Å². The van der Waals surface area contributed by atoms with E-state index in [1.54, 1.807) is 18.3 Å². The van der Waals surface area contributed by atoms with E-state index >= 15 is 0 Å². The van der Waals surface area contributed by atoms with Gasteiger partial charge < -0.3 is 15.2 Å². The molecule has 0 aliphatic rings. The van der Waals surface area contributed by atoms with Gasteiger partial charge in [-0.05, 0) is 44.2 Å². The van der Waals surface area contributed by atoms with Gasteiger partial charge in [-0.1, -0.05) is 55.9 Å². The van der Waals surface area contributed by atoms with Crippen molar-refractivity contribution in [2.45, 2.75) is 39.9 Å². The van der Waals surface area contributed by atoms with Crippen LogP contribution in [0.1, 0.15) is 27.7 Å². The molecule has 1 aromatic rings. The second-order valence-electron chi connectivity index (χ2n) is 6.50. The summed E-state index contributed by atoms with van der Waals surface area (Å²) in [4.78, 5) is 0. The molecule has 5 heteroatoms. The molecule has 0 fully saturated rings. The number of hydrogen-bond acceptors (Lipinski definition) is 5. The Balaban J connectivity index is 2.29. The monoisotopic (exact) mass is 369 g/mol. The second kappa shape index (κ2) is 13.5. The van der Waals surface area contributed by atoms with Gasteiger partial charge in [0.15, 0.2) is 0 Å². The normalized spacial score (nSPS) is 15.4. The summed E-state index contributed by atoms with van der Waals surface area (Å²) in [6.07, 6.45) is 18.8. The Morgan fingerprint density at radius 2 is 1.85 bits per heavy atom. The highest BCUT2D eigenvalue weighted by atomic mass is 16.5. The van der Waals surface area contributed by atoms with Gasteiger partial charge in [0, 0.05) is 18.8 Å². The first kappa shape index (κ1) is 22.4. The quantitative estimate of drug-likeness (QED) is 0.578. The first-order valence-electron chi connectivity index (χ1n) is 9.20. The summed E-state index contributed by atoms with van der Waals surface area (Å²) in [7, 11) is 0. The van der Waals surface area contributed by atoms with Gasteiger partial charge in [0.05, 0.1) is 6.10 Å². The Morgan fingerprint density at radius 3 is 2.52 bits per heavy atom. The number of nitrogens with one attached hydrogen (secondary N) is 1. The zero-order valence-corrected chi connectivity index (χ0v) is 16.6. The first-order chi connectivity index (χ1) is 13.0. The van der Waals surface area contributed by atoms with Crippen LogP contribution in [-0.4, -0.2) is 34.1 Å². The van der Waals surface area contributed by atoms with Crippen LogP contribution in [0.25, 0.3) is 0 Å². The van der Waals surface area contributed by atoms with Crippen molar-refractivity contribution in [3.05, 3.63) is 78.7 Å². The lowest BCUT2D eigenvalue weighted by Gasteiger charge is -2.13. The van der Waals surface area contributed by atoms with Gasteiger partial charge in [-0.2, -0.15) is 5.10 Å². The molecule has 1 rings (SSSR count). The molecule has 5 nitrogen and oxygen atoms in total. The average Bonchev–Trinajstić information content (AvgIpc) is 2.63. The van der Waals surface area contributed by atoms with Crippen molar-refractivity contribution in [1.82, 2.24) is 15.5 Å². The fourth-order valence-corrected chi connectivity index (χ4v) is 2.01. The maximum atomic E-state index is 9.65. The van der Waals surface area contributed by atoms with Crippen molar-refractivity contribution in [1.29, 1.82) is 0 Å². The number of nitrogens with zero attached hydrogens (tertiary/aromatic N) is 2. The van der Waals surface area contributed by atoms with Crippen LogP contribution in [0.3, 0.4) is 0 Å². The van der Waals surface area contributed by atoms with Gasteiger partial charge in [-0.25, -0.2) is 0 Å². The third-order valence-corrected chi connectivity index (χ3v) is 3.58. The van der Waals surface area contributed by atoms with Crippen molar-refractivity contribution in [2.75, 3.05) is 6.54 Å². The standard InChI is InChI=1S/C22H31N3O2/c1-18(2)21(26)17-23-14-10-8-6-5-7-9-12-19(3)16-20(4)27-22-13-11-15-24-25-22/h5-16,18,20-21,23,26H,17H2,1-4H3/b7-5+,8-6-,12-9-,14-10+,19-16+/t20-,21?/m0/s1. The lowest BCUT2D eigenvalue weighted by Crippen LogP contribution is -2.27. The summed E-state index contributed by atoms with van der Waals surface area (Å²) < 4.78 is 5.66. The third kappa shape index (κ3) is 11.5. The smallest absolute Gasteiger partial charge is 0.233 e. The molecule has 0 saturated carbocycles. The molecule has 1 heterocycles. The summed E-state index contributed by atoms with van der Waals surface area (Å²) >= 11 is 0. The van der Waals surface area contributed by atoms with Gasteiger partial charge in [0.1, 0.15) is 6.10 Å². The molecular weight excluding hydrogens is 338 g/mol. The Kier molecular flexibility index (Phi) is 11.2. The number of ether oxygens (including phenoxy) is 1. The summed E-state index contributed by atoms with van der Waals surface area (Å²) in [6.45, 7) is 8.54. The predicted molar refractivity (Wildman–Crippen MR) is 111 cm³/mol. The minimum absolute atomic E-state index is 0.0814. The molecule has 0 bridgehead atoms. The van der Waals surface area contributed by atoms with E-state index in [-0.39, 0.29) is 18.1 Å². The summed E-state index contributed by atoms with van der Waals surface area (Å²) in [6, 6.07) is 3.58. The van der Waals surface area contributed by atoms with Crippen LogP contribution in [0.2, 0.25) is 0 Å². The van der Waals surface area contributed by atoms with E-state index in [1.165, 1.54) is 0 Å². The van der Waals surface area contributed by atoms with Gasteiger partial charge in [-0.15, -0.1) is 5.10 Å². The van der Waals surface area contributed by atoms with E-state index in [0.717, 1.165) is 5.57 Å². The Morgan fingerprint density at radius 1 is 1.15 bits per heavy atom. The number of aliphatic hydroxyl groups excluding tert-OH is 1. The first-order valence-corrected chi connectivity index (χ1v) is 9.20. The van der Waals surface area contributed by atoms with Gasteiger partial charge in [0.2, 0.25) is 5.88 Å². The summed E-state index contributed by atoms with van der Waals surface area (Å²) in [5.74, 6) is 0.777. The zero-order valence-electron chi connectivity index (χ0n) is 16.6. The molecule has 2 N–H and O–H groups in total. The molecule has 0 amide bonds. The van der Waals surface area contributed by atoms with E-state index < -0.39 is 0 Å². The highest BCUT2D eigenvalue weighted by Crippen LogP contribution is 2.08. The lowest BCUT2D eigenvalue weighted by molar-refractivity contribution is 0.127. The maximum Gasteiger partial charge on any atom is 0.233 e. The van der Waals surface area contributed by atoms with Crippen LogP contribution >= 0.6 is 0 Å². The van der Waals surface area contributed by atoms with Crippen LogP contribution in [0.4, 0.5) is 0 Å². The highest BCUT2D eigenvalue weighted by Gasteiger charge is 2.06. The number of aromatic nitrogens is 2. The number of hydrogen-bond donors (Lipinski definition) is 2. The van der Waals surface area contributed by atoms with Crippen molar-refractivity contribution in [3.63, 3.8) is 0 Å². The molecule has 0 spiro atoms. The molecule has 0 aromatic carbocycles. The molecule has 0 saturated heterocycles. The lowest BCUT2D eigenvalue weighted by atomic mass is 10.1. The largest absolute Gasteiger partial charge is 0.469 e. The fraction of sp³-hybridized carbons (Fsp3) is 0.364. The fourth-order valence-electron chi connectivity index (χ4n) is 2.01. The second-order valence-corrected chi connectivity index (χ2v) is 6.50. The number of allylic oxidation sites excluding steroid dienone is 8. The van der Waals surface area contributed by atoms with Crippen molar-refractivity contribution in [2.24, 2.45) is 5.92 Å². The zero-order chi connectivity index (χ0) is 19.9. The molecule has 0 aliphatic heterocycles. The van der Waals surface area contributed by atoms with Crippen LogP contribution in [0.5, 0.6) is 5.88 Å².